The Hall–Kier alpha value is -2.91. The molecule has 0 aliphatic rings. The maximum atomic E-state index is 13.3. The molecule has 0 bridgehead atoms. The number of carboxylic acids is 1. The molecule has 1 N–H and O–H groups in total. The topological polar surface area (TPSA) is 85.2 Å². The van der Waals surface area contributed by atoms with Gasteiger partial charge in [0.05, 0.1) is 15.7 Å². The lowest BCUT2D eigenvalue weighted by atomic mass is 10.1. The third-order valence-electron chi connectivity index (χ3n) is 3.61. The predicted molar refractivity (Wildman–Crippen MR) is 98.0 cm³/mol. The molecular formula is C18H10Cl2F3N3O3. The minimum Gasteiger partial charge on any atom is -0.476 e. The fraction of sp³-hybridized carbons (Fsp3) is 0.111. The number of nitrogens with zero attached hydrogens (tertiary/aromatic N) is 3. The molecule has 3 rings (SSSR count). The number of hydrogen-bond donors (Lipinski definition) is 1. The van der Waals surface area contributed by atoms with E-state index in [9.17, 15) is 23.1 Å². The van der Waals surface area contributed by atoms with Crippen molar-refractivity contribution in [1.29, 1.82) is 0 Å². The van der Waals surface area contributed by atoms with Gasteiger partial charge in [0, 0.05) is 11.8 Å². The van der Waals surface area contributed by atoms with Crippen molar-refractivity contribution in [3.63, 3.8) is 0 Å². The van der Waals surface area contributed by atoms with Crippen molar-refractivity contribution in [1.82, 2.24) is 15.0 Å². The monoisotopic (exact) mass is 443 g/mol. The van der Waals surface area contributed by atoms with Crippen LogP contribution in [-0.2, 0) is 12.8 Å². The number of aromatic nitrogens is 3. The first-order chi connectivity index (χ1) is 13.7. The second kappa shape index (κ2) is 8.22. The number of carbonyl (C=O) groups is 1. The van der Waals surface area contributed by atoms with E-state index in [0.29, 0.717) is 5.69 Å². The lowest BCUT2D eigenvalue weighted by molar-refractivity contribution is -0.142. The fourth-order valence-electron chi connectivity index (χ4n) is 2.32. The van der Waals surface area contributed by atoms with Crippen LogP contribution >= 0.6 is 23.2 Å². The predicted octanol–water partition coefficient (Wildman–Crippen LogP) is 5.14. The highest BCUT2D eigenvalue weighted by Gasteiger charge is 2.40. The standard InChI is InChI=1S/C18H10Cl2F3N3O3/c19-11-5-4-9(7-12(11)20)13-16(29-8-10-3-1-2-6-24-10)26-15(18(21,22)23)14(25-13)17(27)28/h1-7H,8H2,(H,27,28). The highest BCUT2D eigenvalue weighted by Crippen LogP contribution is 2.37. The summed E-state index contributed by atoms with van der Waals surface area (Å²) in [5.74, 6) is -2.41. The van der Waals surface area contributed by atoms with Crippen LogP contribution in [0.5, 0.6) is 5.88 Å². The minimum atomic E-state index is -5.06. The van der Waals surface area contributed by atoms with Crippen molar-refractivity contribution in [2.75, 3.05) is 0 Å². The van der Waals surface area contributed by atoms with E-state index in [1.165, 1.54) is 24.4 Å². The van der Waals surface area contributed by atoms with Gasteiger partial charge in [0.15, 0.2) is 11.4 Å². The zero-order chi connectivity index (χ0) is 21.2. The summed E-state index contributed by atoms with van der Waals surface area (Å²) in [5, 5.41) is 9.49. The average molecular weight is 444 g/mol. The SMILES string of the molecule is O=C(O)c1nc(-c2ccc(Cl)c(Cl)c2)c(OCc2ccccn2)nc1C(F)(F)F. The Bertz CT molecular complexity index is 1060. The van der Waals surface area contributed by atoms with Gasteiger partial charge in [-0.15, -0.1) is 0 Å². The van der Waals surface area contributed by atoms with E-state index >= 15 is 0 Å². The Kier molecular flexibility index (Phi) is 5.90. The molecule has 0 atom stereocenters. The van der Waals surface area contributed by atoms with Crippen LogP contribution in [-0.4, -0.2) is 26.0 Å². The molecule has 3 aromatic rings. The van der Waals surface area contributed by atoms with E-state index in [4.69, 9.17) is 27.9 Å². The number of ether oxygens (including phenoxy) is 1. The second-order valence-electron chi connectivity index (χ2n) is 5.62. The van der Waals surface area contributed by atoms with E-state index < -0.39 is 29.4 Å². The first kappa shape index (κ1) is 20.8. The Morgan fingerprint density at radius 1 is 1.10 bits per heavy atom. The lowest BCUT2D eigenvalue weighted by Crippen LogP contribution is -2.19. The van der Waals surface area contributed by atoms with Crippen molar-refractivity contribution >= 4 is 29.2 Å². The smallest absolute Gasteiger partial charge is 0.435 e. The number of benzene rings is 1. The molecule has 0 saturated heterocycles. The van der Waals surface area contributed by atoms with Gasteiger partial charge in [-0.05, 0) is 24.3 Å². The zero-order valence-electron chi connectivity index (χ0n) is 14.2. The summed E-state index contributed by atoms with van der Waals surface area (Å²) in [5.41, 5.74) is -2.57. The normalized spacial score (nSPS) is 11.3. The van der Waals surface area contributed by atoms with Crippen LogP contribution < -0.4 is 4.74 Å². The van der Waals surface area contributed by atoms with Crippen molar-refractivity contribution in [3.8, 4) is 17.1 Å². The summed E-state index contributed by atoms with van der Waals surface area (Å²) in [6, 6.07) is 9.05. The number of alkyl halides is 3. The Morgan fingerprint density at radius 2 is 1.86 bits per heavy atom. The molecule has 6 nitrogen and oxygen atoms in total. The number of carboxylic acid groups (broad SMARTS) is 1. The number of rotatable bonds is 5. The zero-order valence-corrected chi connectivity index (χ0v) is 15.8. The van der Waals surface area contributed by atoms with E-state index in [1.807, 2.05) is 0 Å². The van der Waals surface area contributed by atoms with Gasteiger partial charge in [0.25, 0.3) is 0 Å². The quantitative estimate of drug-likeness (QED) is 0.587. The molecule has 0 radical (unpaired) electrons. The maximum Gasteiger partial charge on any atom is 0.435 e. The van der Waals surface area contributed by atoms with Gasteiger partial charge in [0.2, 0.25) is 5.88 Å². The molecule has 0 aliphatic carbocycles. The Labute approximate surface area is 171 Å². The molecule has 1 aromatic carbocycles. The van der Waals surface area contributed by atoms with E-state index in [0.717, 1.165) is 0 Å². The number of hydrogen-bond acceptors (Lipinski definition) is 5. The molecule has 0 amide bonds. The Morgan fingerprint density at radius 3 is 2.45 bits per heavy atom. The Balaban J connectivity index is 2.16. The van der Waals surface area contributed by atoms with E-state index in [-0.39, 0.29) is 27.9 Å². The summed E-state index contributed by atoms with van der Waals surface area (Å²) in [6.45, 7) is -0.215. The molecular weight excluding hydrogens is 434 g/mol. The molecule has 0 saturated carbocycles. The lowest BCUT2D eigenvalue weighted by Gasteiger charge is -2.15. The molecule has 0 aliphatic heterocycles. The molecule has 11 heteroatoms. The fourth-order valence-corrected chi connectivity index (χ4v) is 2.62. The molecule has 0 unspecified atom stereocenters. The van der Waals surface area contributed by atoms with Gasteiger partial charge < -0.3 is 9.84 Å². The van der Waals surface area contributed by atoms with Gasteiger partial charge in [-0.1, -0.05) is 35.3 Å². The highest BCUT2D eigenvalue weighted by molar-refractivity contribution is 6.42. The highest BCUT2D eigenvalue weighted by atomic mass is 35.5. The molecule has 2 aromatic heterocycles. The van der Waals surface area contributed by atoms with Crippen LogP contribution in [0.15, 0.2) is 42.6 Å². The molecule has 0 fully saturated rings. The summed E-state index contributed by atoms with van der Waals surface area (Å²) in [6.07, 6.45) is -3.57. The first-order valence-corrected chi connectivity index (χ1v) is 8.63. The van der Waals surface area contributed by atoms with Crippen molar-refractivity contribution < 1.29 is 27.8 Å². The summed E-state index contributed by atoms with van der Waals surface area (Å²) in [7, 11) is 0. The van der Waals surface area contributed by atoms with Crippen LogP contribution in [0.1, 0.15) is 21.9 Å². The van der Waals surface area contributed by atoms with Gasteiger partial charge >= 0.3 is 12.1 Å². The largest absolute Gasteiger partial charge is 0.476 e. The number of aromatic carboxylic acids is 1. The van der Waals surface area contributed by atoms with Crippen molar-refractivity contribution in [2.45, 2.75) is 12.8 Å². The van der Waals surface area contributed by atoms with Crippen molar-refractivity contribution in [2.24, 2.45) is 0 Å². The molecule has 2 heterocycles. The third kappa shape index (κ3) is 4.75. The number of halogens is 5. The van der Waals surface area contributed by atoms with Gasteiger partial charge in [-0.3, -0.25) is 4.98 Å². The minimum absolute atomic E-state index is 0.0958. The summed E-state index contributed by atoms with van der Waals surface area (Å²) < 4.78 is 45.4. The molecule has 0 spiro atoms. The van der Waals surface area contributed by atoms with E-state index in [2.05, 4.69) is 15.0 Å². The third-order valence-corrected chi connectivity index (χ3v) is 4.35. The average Bonchev–Trinajstić information content (AvgIpc) is 2.68. The van der Waals surface area contributed by atoms with Crippen LogP contribution in [0.3, 0.4) is 0 Å². The van der Waals surface area contributed by atoms with Gasteiger partial charge in [-0.2, -0.15) is 13.2 Å². The summed E-state index contributed by atoms with van der Waals surface area (Å²) >= 11 is 11.8. The molecule has 29 heavy (non-hydrogen) atoms. The first-order valence-electron chi connectivity index (χ1n) is 7.87. The second-order valence-corrected chi connectivity index (χ2v) is 6.43. The van der Waals surface area contributed by atoms with Crippen LogP contribution in [0, 0.1) is 0 Å². The summed E-state index contributed by atoms with van der Waals surface area (Å²) in [4.78, 5) is 22.5. The van der Waals surface area contributed by atoms with Crippen molar-refractivity contribution in [3.05, 3.63) is 69.7 Å². The number of pyridine rings is 1. The van der Waals surface area contributed by atoms with E-state index in [1.54, 1.807) is 18.2 Å². The van der Waals surface area contributed by atoms with Gasteiger partial charge in [0.1, 0.15) is 12.3 Å². The van der Waals surface area contributed by atoms with Crippen LogP contribution in [0.4, 0.5) is 13.2 Å². The van der Waals surface area contributed by atoms with Gasteiger partial charge in [-0.25, -0.2) is 14.8 Å². The molecule has 150 valence electrons. The van der Waals surface area contributed by atoms with Crippen LogP contribution in [0.25, 0.3) is 11.3 Å². The maximum absolute atomic E-state index is 13.3. The van der Waals surface area contributed by atoms with Crippen LogP contribution in [0.2, 0.25) is 10.0 Å².